The molecule has 0 amide bonds. The molecule has 2 aromatic heterocycles. The standard InChI is InChI=1S/C13H17BrN4O2/c1-5-18-13(19)12(14)10(6-15-18)16-7(2)11-8(3)17-20-9(11)4/h6-7,16H,5H2,1-4H3. The van der Waals surface area contributed by atoms with Gasteiger partial charge >= 0.3 is 0 Å². The summed E-state index contributed by atoms with van der Waals surface area (Å²) in [6.07, 6.45) is 1.64. The van der Waals surface area contributed by atoms with E-state index < -0.39 is 0 Å². The molecule has 0 bridgehead atoms. The quantitative estimate of drug-likeness (QED) is 0.926. The fourth-order valence-corrected chi connectivity index (χ4v) is 2.63. The molecule has 6 nitrogen and oxygen atoms in total. The summed E-state index contributed by atoms with van der Waals surface area (Å²) >= 11 is 3.33. The van der Waals surface area contributed by atoms with Gasteiger partial charge in [0.25, 0.3) is 5.56 Å². The van der Waals surface area contributed by atoms with Crippen molar-refractivity contribution < 1.29 is 4.52 Å². The minimum atomic E-state index is -0.150. The Hall–Kier alpha value is -1.63. The average molecular weight is 341 g/mol. The molecule has 0 aliphatic heterocycles. The first kappa shape index (κ1) is 14.8. The lowest BCUT2D eigenvalue weighted by atomic mass is 10.1. The number of anilines is 1. The van der Waals surface area contributed by atoms with Gasteiger partial charge in [-0.25, -0.2) is 4.68 Å². The third kappa shape index (κ3) is 2.63. The van der Waals surface area contributed by atoms with E-state index in [0.29, 0.717) is 16.7 Å². The van der Waals surface area contributed by atoms with Crippen molar-refractivity contribution in [3.05, 3.63) is 38.0 Å². The van der Waals surface area contributed by atoms with Crippen molar-refractivity contribution in [2.45, 2.75) is 40.3 Å². The van der Waals surface area contributed by atoms with Crippen molar-refractivity contribution in [1.82, 2.24) is 14.9 Å². The number of rotatable bonds is 4. The number of aromatic nitrogens is 3. The molecule has 0 saturated carbocycles. The molecule has 0 fully saturated rings. The maximum atomic E-state index is 12.0. The van der Waals surface area contributed by atoms with Gasteiger partial charge in [0.1, 0.15) is 10.2 Å². The van der Waals surface area contributed by atoms with Crippen molar-refractivity contribution in [1.29, 1.82) is 0 Å². The minimum absolute atomic E-state index is 0.0313. The highest BCUT2D eigenvalue weighted by Crippen LogP contribution is 2.26. The molecule has 2 heterocycles. The van der Waals surface area contributed by atoms with E-state index in [1.165, 1.54) is 4.68 Å². The third-order valence-electron chi connectivity index (χ3n) is 3.18. The van der Waals surface area contributed by atoms with Gasteiger partial charge in [0.05, 0.1) is 23.6 Å². The van der Waals surface area contributed by atoms with Crippen molar-refractivity contribution in [2.24, 2.45) is 0 Å². The van der Waals surface area contributed by atoms with Crippen molar-refractivity contribution in [3.8, 4) is 0 Å². The average Bonchev–Trinajstić information content (AvgIpc) is 2.75. The molecule has 0 aliphatic rings. The zero-order valence-electron chi connectivity index (χ0n) is 11.9. The Kier molecular flexibility index (Phi) is 4.27. The van der Waals surface area contributed by atoms with Crippen LogP contribution < -0.4 is 10.9 Å². The number of halogens is 1. The van der Waals surface area contributed by atoms with Gasteiger partial charge in [-0.2, -0.15) is 5.10 Å². The predicted molar refractivity (Wildman–Crippen MR) is 79.9 cm³/mol. The minimum Gasteiger partial charge on any atom is -0.376 e. The molecule has 1 N–H and O–H groups in total. The van der Waals surface area contributed by atoms with Crippen LogP contribution in [0.5, 0.6) is 0 Å². The summed E-state index contributed by atoms with van der Waals surface area (Å²) in [6.45, 7) is 8.17. The summed E-state index contributed by atoms with van der Waals surface area (Å²) in [6, 6.07) is -0.0313. The van der Waals surface area contributed by atoms with E-state index in [-0.39, 0.29) is 11.6 Å². The Bertz CT molecular complexity index is 658. The molecule has 0 spiro atoms. The predicted octanol–water partition coefficient (Wildman–Crippen LogP) is 2.80. The van der Waals surface area contributed by atoms with Crippen LogP contribution in [0.15, 0.2) is 20.0 Å². The molecule has 1 unspecified atom stereocenters. The summed E-state index contributed by atoms with van der Waals surface area (Å²) in [5, 5.41) is 11.3. The monoisotopic (exact) mass is 340 g/mol. The SMILES string of the molecule is CCn1ncc(NC(C)c2c(C)noc2C)c(Br)c1=O. The van der Waals surface area contributed by atoms with E-state index in [9.17, 15) is 4.79 Å². The highest BCUT2D eigenvalue weighted by atomic mass is 79.9. The highest BCUT2D eigenvalue weighted by Gasteiger charge is 2.18. The van der Waals surface area contributed by atoms with Crippen LogP contribution >= 0.6 is 15.9 Å². The summed E-state index contributed by atoms with van der Waals surface area (Å²) in [4.78, 5) is 12.0. The third-order valence-corrected chi connectivity index (χ3v) is 3.94. The second-order valence-electron chi connectivity index (χ2n) is 4.60. The maximum Gasteiger partial charge on any atom is 0.283 e. The molecule has 0 aromatic carbocycles. The van der Waals surface area contributed by atoms with Crippen LogP contribution in [-0.4, -0.2) is 14.9 Å². The lowest BCUT2D eigenvalue weighted by Gasteiger charge is -2.16. The van der Waals surface area contributed by atoms with Gasteiger partial charge in [0.2, 0.25) is 0 Å². The Labute approximate surface area is 125 Å². The maximum absolute atomic E-state index is 12.0. The number of nitrogens with one attached hydrogen (secondary N) is 1. The molecule has 2 rings (SSSR count). The molecule has 2 aromatic rings. The van der Waals surface area contributed by atoms with Crippen LogP contribution in [-0.2, 0) is 6.54 Å². The van der Waals surface area contributed by atoms with Gasteiger partial charge in [-0.1, -0.05) is 5.16 Å². The summed E-state index contributed by atoms with van der Waals surface area (Å²) in [7, 11) is 0. The van der Waals surface area contributed by atoms with Crippen LogP contribution in [0.1, 0.15) is 36.9 Å². The van der Waals surface area contributed by atoms with Crippen molar-refractivity contribution in [3.63, 3.8) is 0 Å². The molecular weight excluding hydrogens is 324 g/mol. The molecule has 0 aliphatic carbocycles. The normalized spacial score (nSPS) is 12.4. The summed E-state index contributed by atoms with van der Waals surface area (Å²) in [5.41, 5.74) is 2.35. The molecule has 108 valence electrons. The van der Waals surface area contributed by atoms with Crippen LogP contribution in [0.4, 0.5) is 5.69 Å². The Balaban J connectivity index is 2.31. The van der Waals surface area contributed by atoms with E-state index >= 15 is 0 Å². The van der Waals surface area contributed by atoms with Gasteiger partial charge < -0.3 is 9.84 Å². The molecule has 20 heavy (non-hydrogen) atoms. The number of nitrogens with zero attached hydrogens (tertiary/aromatic N) is 3. The van der Waals surface area contributed by atoms with Gasteiger partial charge in [0, 0.05) is 12.1 Å². The van der Waals surface area contributed by atoms with Crippen molar-refractivity contribution in [2.75, 3.05) is 5.32 Å². The van der Waals surface area contributed by atoms with Gasteiger partial charge in [-0.15, -0.1) is 0 Å². The van der Waals surface area contributed by atoms with E-state index in [1.54, 1.807) is 6.20 Å². The molecule has 1 atom stereocenters. The van der Waals surface area contributed by atoms with Gasteiger partial charge in [-0.05, 0) is 43.6 Å². The smallest absolute Gasteiger partial charge is 0.283 e. The van der Waals surface area contributed by atoms with Gasteiger partial charge in [0.15, 0.2) is 0 Å². The molecule has 7 heteroatoms. The van der Waals surface area contributed by atoms with Crippen LogP contribution in [0.3, 0.4) is 0 Å². The number of hydrogen-bond acceptors (Lipinski definition) is 5. The summed E-state index contributed by atoms with van der Waals surface area (Å²) in [5.74, 6) is 0.772. The second-order valence-corrected chi connectivity index (χ2v) is 5.39. The number of hydrogen-bond donors (Lipinski definition) is 1. The van der Waals surface area contributed by atoms with E-state index in [4.69, 9.17) is 4.52 Å². The Morgan fingerprint density at radius 2 is 2.20 bits per heavy atom. The Morgan fingerprint density at radius 3 is 2.75 bits per heavy atom. The number of aryl methyl sites for hydroxylation is 3. The Morgan fingerprint density at radius 1 is 1.50 bits per heavy atom. The second kappa shape index (κ2) is 5.78. The molecule has 0 radical (unpaired) electrons. The lowest BCUT2D eigenvalue weighted by Crippen LogP contribution is -2.24. The van der Waals surface area contributed by atoms with Gasteiger partial charge in [-0.3, -0.25) is 4.79 Å². The largest absolute Gasteiger partial charge is 0.376 e. The first-order chi connectivity index (χ1) is 9.45. The molecule has 0 saturated heterocycles. The first-order valence-electron chi connectivity index (χ1n) is 6.40. The van der Waals surface area contributed by atoms with E-state index in [2.05, 4.69) is 31.5 Å². The van der Waals surface area contributed by atoms with Crippen LogP contribution in [0, 0.1) is 13.8 Å². The molecular formula is C13H17BrN4O2. The topological polar surface area (TPSA) is 73.0 Å². The van der Waals surface area contributed by atoms with E-state index in [1.807, 2.05) is 27.7 Å². The summed E-state index contributed by atoms with van der Waals surface area (Å²) < 4.78 is 7.04. The van der Waals surface area contributed by atoms with Crippen LogP contribution in [0.2, 0.25) is 0 Å². The lowest BCUT2D eigenvalue weighted by molar-refractivity contribution is 0.392. The van der Waals surface area contributed by atoms with E-state index in [0.717, 1.165) is 17.0 Å². The zero-order chi connectivity index (χ0) is 14.9. The highest BCUT2D eigenvalue weighted by molar-refractivity contribution is 9.10. The zero-order valence-corrected chi connectivity index (χ0v) is 13.5. The van der Waals surface area contributed by atoms with Crippen LogP contribution in [0.25, 0.3) is 0 Å². The fraction of sp³-hybridized carbons (Fsp3) is 0.462. The first-order valence-corrected chi connectivity index (χ1v) is 7.19. The fourth-order valence-electron chi connectivity index (χ4n) is 2.20. The van der Waals surface area contributed by atoms with Crippen molar-refractivity contribution >= 4 is 21.6 Å².